The molecule has 0 saturated carbocycles. The summed E-state index contributed by atoms with van der Waals surface area (Å²) in [6.07, 6.45) is 3.21. The molecule has 1 fully saturated rings. The Bertz CT molecular complexity index is 648. The van der Waals surface area contributed by atoms with Crippen LogP contribution in [-0.2, 0) is 14.8 Å². The molecule has 0 aromatic heterocycles. The van der Waals surface area contributed by atoms with Gasteiger partial charge in [0.05, 0.1) is 12.3 Å². The highest BCUT2D eigenvalue weighted by atomic mass is 32.2. The van der Waals surface area contributed by atoms with E-state index < -0.39 is 16.1 Å². The van der Waals surface area contributed by atoms with Crippen LogP contribution in [0.4, 0.5) is 4.39 Å². The summed E-state index contributed by atoms with van der Waals surface area (Å²) < 4.78 is 38.1. The molecule has 1 heterocycles. The molecule has 0 bridgehead atoms. The van der Waals surface area contributed by atoms with Crippen molar-refractivity contribution in [3.63, 3.8) is 0 Å². The summed E-state index contributed by atoms with van der Waals surface area (Å²) in [5.41, 5.74) is 0.648. The molecule has 0 unspecified atom stereocenters. The first-order chi connectivity index (χ1) is 10.3. The fourth-order valence-corrected chi connectivity index (χ4v) is 3.86. The number of carbonyl (C=O) groups excluding carboxylic acids is 1. The fraction of sp³-hybridized carbons (Fsp3) is 0.533. The number of nitrogens with zero attached hydrogens (tertiary/aromatic N) is 1. The molecule has 1 aliphatic heterocycles. The van der Waals surface area contributed by atoms with Gasteiger partial charge in [0.15, 0.2) is 0 Å². The highest BCUT2D eigenvalue weighted by Crippen LogP contribution is 2.21. The monoisotopic (exact) mass is 328 g/mol. The van der Waals surface area contributed by atoms with Crippen molar-refractivity contribution in [2.45, 2.75) is 38.3 Å². The van der Waals surface area contributed by atoms with E-state index in [1.807, 2.05) is 0 Å². The van der Waals surface area contributed by atoms with Crippen molar-refractivity contribution in [1.29, 1.82) is 0 Å². The molecule has 1 saturated heterocycles. The van der Waals surface area contributed by atoms with Crippen LogP contribution < -0.4 is 5.32 Å². The van der Waals surface area contributed by atoms with E-state index in [0.717, 1.165) is 19.1 Å². The molecule has 22 heavy (non-hydrogen) atoms. The number of rotatable bonds is 4. The van der Waals surface area contributed by atoms with Gasteiger partial charge >= 0.3 is 0 Å². The molecular weight excluding hydrogens is 307 g/mol. The van der Waals surface area contributed by atoms with E-state index in [1.165, 1.54) is 16.4 Å². The highest BCUT2D eigenvalue weighted by Gasteiger charge is 2.34. The van der Waals surface area contributed by atoms with Crippen molar-refractivity contribution in [2.75, 3.05) is 12.8 Å². The van der Waals surface area contributed by atoms with Crippen molar-refractivity contribution in [1.82, 2.24) is 9.62 Å². The average molecular weight is 328 g/mol. The minimum atomic E-state index is -3.41. The SMILES string of the molecule is C[C@H](NC(=O)[C@@H]1CCCCN1S(C)(=O)=O)c1cccc(F)c1. The van der Waals surface area contributed by atoms with Crippen LogP contribution in [0.5, 0.6) is 0 Å². The number of benzene rings is 1. The first-order valence-electron chi connectivity index (χ1n) is 7.31. The van der Waals surface area contributed by atoms with Gasteiger partial charge < -0.3 is 5.32 Å². The van der Waals surface area contributed by atoms with Gasteiger partial charge in [-0.25, -0.2) is 12.8 Å². The zero-order valence-corrected chi connectivity index (χ0v) is 13.6. The normalized spacial score (nSPS) is 21.3. The second kappa shape index (κ2) is 6.75. The molecule has 122 valence electrons. The molecule has 1 N–H and O–H groups in total. The molecule has 0 spiro atoms. The van der Waals surface area contributed by atoms with Crippen LogP contribution in [0.2, 0.25) is 0 Å². The van der Waals surface area contributed by atoms with Crippen LogP contribution in [0.15, 0.2) is 24.3 Å². The second-order valence-electron chi connectivity index (χ2n) is 5.67. The lowest BCUT2D eigenvalue weighted by molar-refractivity contribution is -0.126. The first kappa shape index (κ1) is 16.9. The quantitative estimate of drug-likeness (QED) is 0.917. The van der Waals surface area contributed by atoms with Crippen LogP contribution in [0.1, 0.15) is 37.8 Å². The van der Waals surface area contributed by atoms with E-state index in [4.69, 9.17) is 0 Å². The molecule has 5 nitrogen and oxygen atoms in total. The molecule has 1 amide bonds. The Morgan fingerprint density at radius 2 is 2.14 bits per heavy atom. The number of piperidine rings is 1. The van der Waals surface area contributed by atoms with Crippen molar-refractivity contribution >= 4 is 15.9 Å². The van der Waals surface area contributed by atoms with E-state index >= 15 is 0 Å². The molecule has 7 heteroatoms. The van der Waals surface area contributed by atoms with E-state index in [-0.39, 0.29) is 17.8 Å². The number of hydrogen-bond acceptors (Lipinski definition) is 3. The Hall–Kier alpha value is -1.47. The summed E-state index contributed by atoms with van der Waals surface area (Å²) in [5.74, 6) is -0.698. The van der Waals surface area contributed by atoms with Crippen molar-refractivity contribution in [3.05, 3.63) is 35.6 Å². The number of halogens is 1. The van der Waals surface area contributed by atoms with Crippen molar-refractivity contribution in [3.8, 4) is 0 Å². The fourth-order valence-electron chi connectivity index (χ4n) is 2.73. The lowest BCUT2D eigenvalue weighted by atomic mass is 10.0. The molecule has 1 aliphatic rings. The summed E-state index contributed by atoms with van der Waals surface area (Å²) in [7, 11) is -3.41. The van der Waals surface area contributed by atoms with Crippen LogP contribution in [0.3, 0.4) is 0 Å². The van der Waals surface area contributed by atoms with Gasteiger partial charge in [-0.05, 0) is 37.5 Å². The Morgan fingerprint density at radius 1 is 1.41 bits per heavy atom. The predicted molar refractivity (Wildman–Crippen MR) is 82.1 cm³/mol. The zero-order chi connectivity index (χ0) is 16.3. The Morgan fingerprint density at radius 3 is 2.77 bits per heavy atom. The molecule has 2 rings (SSSR count). The third kappa shape index (κ3) is 4.04. The largest absolute Gasteiger partial charge is 0.348 e. The molecule has 0 radical (unpaired) electrons. The van der Waals surface area contributed by atoms with E-state index in [0.29, 0.717) is 18.5 Å². The predicted octanol–water partition coefficient (Wildman–Crippen LogP) is 1.82. The maximum absolute atomic E-state index is 13.2. The van der Waals surface area contributed by atoms with Gasteiger partial charge in [-0.15, -0.1) is 0 Å². The third-order valence-electron chi connectivity index (χ3n) is 3.89. The smallest absolute Gasteiger partial charge is 0.238 e. The van der Waals surface area contributed by atoms with Crippen LogP contribution >= 0.6 is 0 Å². The number of amides is 1. The minimum absolute atomic E-state index is 0.332. The van der Waals surface area contributed by atoms with Gasteiger partial charge in [0.2, 0.25) is 15.9 Å². The maximum atomic E-state index is 13.2. The summed E-state index contributed by atoms with van der Waals surface area (Å²) in [6, 6.07) is 4.94. The number of nitrogens with one attached hydrogen (secondary N) is 1. The van der Waals surface area contributed by atoms with Crippen LogP contribution in [-0.4, -0.2) is 37.5 Å². The molecule has 1 aromatic rings. The summed E-state index contributed by atoms with van der Waals surface area (Å²) >= 11 is 0. The molecule has 1 aromatic carbocycles. The second-order valence-corrected chi connectivity index (χ2v) is 7.61. The molecular formula is C15H21FN2O3S. The number of carbonyl (C=O) groups is 1. The lowest BCUT2D eigenvalue weighted by Gasteiger charge is -2.33. The summed E-state index contributed by atoms with van der Waals surface area (Å²) in [5, 5.41) is 2.78. The third-order valence-corrected chi connectivity index (χ3v) is 5.18. The van der Waals surface area contributed by atoms with Gasteiger partial charge in [-0.3, -0.25) is 4.79 Å². The number of sulfonamides is 1. The summed E-state index contributed by atoms with van der Waals surface area (Å²) in [6.45, 7) is 2.12. The molecule has 2 atom stereocenters. The topological polar surface area (TPSA) is 66.5 Å². The standard InChI is InChI=1S/C15H21FN2O3S/c1-11(12-6-5-7-13(16)10-12)17-15(19)14-8-3-4-9-18(14)22(2,20)21/h5-7,10-11,14H,3-4,8-9H2,1-2H3,(H,17,19)/t11-,14-/m0/s1. The first-order valence-corrected chi connectivity index (χ1v) is 9.16. The Labute approximate surface area is 130 Å². The lowest BCUT2D eigenvalue weighted by Crippen LogP contribution is -2.51. The van der Waals surface area contributed by atoms with Gasteiger partial charge in [-0.2, -0.15) is 4.31 Å². The average Bonchev–Trinajstić information content (AvgIpc) is 2.46. The van der Waals surface area contributed by atoms with Crippen molar-refractivity contribution in [2.24, 2.45) is 0 Å². The summed E-state index contributed by atoms with van der Waals surface area (Å²) in [4.78, 5) is 12.4. The van der Waals surface area contributed by atoms with Gasteiger partial charge in [0, 0.05) is 6.54 Å². The maximum Gasteiger partial charge on any atom is 0.238 e. The van der Waals surface area contributed by atoms with Crippen LogP contribution in [0.25, 0.3) is 0 Å². The Kier molecular flexibility index (Phi) is 5.18. The Balaban J connectivity index is 2.10. The van der Waals surface area contributed by atoms with E-state index in [1.54, 1.807) is 19.1 Å². The van der Waals surface area contributed by atoms with E-state index in [2.05, 4.69) is 5.32 Å². The number of hydrogen-bond donors (Lipinski definition) is 1. The van der Waals surface area contributed by atoms with Gasteiger partial charge in [0.25, 0.3) is 0 Å². The molecule has 0 aliphatic carbocycles. The van der Waals surface area contributed by atoms with Crippen LogP contribution in [0, 0.1) is 5.82 Å². The minimum Gasteiger partial charge on any atom is -0.348 e. The zero-order valence-electron chi connectivity index (χ0n) is 12.8. The van der Waals surface area contributed by atoms with Gasteiger partial charge in [0.1, 0.15) is 11.9 Å². The van der Waals surface area contributed by atoms with Gasteiger partial charge in [-0.1, -0.05) is 18.6 Å². The highest BCUT2D eigenvalue weighted by molar-refractivity contribution is 7.88. The van der Waals surface area contributed by atoms with E-state index in [9.17, 15) is 17.6 Å². The van der Waals surface area contributed by atoms with Crippen molar-refractivity contribution < 1.29 is 17.6 Å².